The Morgan fingerprint density at radius 3 is 2.70 bits per heavy atom. The van der Waals surface area contributed by atoms with Crippen LogP contribution in [0, 0.1) is 0 Å². The first kappa shape index (κ1) is 16.0. The summed E-state index contributed by atoms with van der Waals surface area (Å²) in [5.74, 6) is -0.317. The van der Waals surface area contributed by atoms with Crippen LogP contribution in [0.4, 0.5) is 10.5 Å². The number of hydrogen-bond acceptors (Lipinski definition) is 3. The van der Waals surface area contributed by atoms with Crippen molar-refractivity contribution in [3.05, 3.63) is 29.8 Å². The minimum Gasteiger partial charge on any atom is -0.370 e. The number of amides is 3. The number of rotatable bonds is 7. The number of hydrogen-bond donors (Lipinski definition) is 4. The van der Waals surface area contributed by atoms with Crippen molar-refractivity contribution >= 4 is 17.6 Å². The van der Waals surface area contributed by atoms with Gasteiger partial charge in [0.25, 0.3) is 0 Å². The van der Waals surface area contributed by atoms with E-state index in [1.165, 1.54) is 0 Å². The molecule has 6 N–H and O–H groups in total. The summed E-state index contributed by atoms with van der Waals surface area (Å²) in [7, 11) is 0. The summed E-state index contributed by atoms with van der Waals surface area (Å²) in [6.45, 7) is 2.39. The zero-order valence-corrected chi connectivity index (χ0v) is 11.7. The van der Waals surface area contributed by atoms with E-state index in [9.17, 15) is 9.59 Å². The van der Waals surface area contributed by atoms with Gasteiger partial charge in [0.1, 0.15) is 0 Å². The zero-order chi connectivity index (χ0) is 15.0. The Morgan fingerprint density at radius 2 is 2.05 bits per heavy atom. The van der Waals surface area contributed by atoms with Crippen LogP contribution < -0.4 is 22.1 Å². The zero-order valence-electron chi connectivity index (χ0n) is 11.7. The first-order chi connectivity index (χ1) is 9.49. The number of unbranched alkanes of at least 4 members (excludes halogenated alkanes) is 1. The SMILES string of the molecule is CC(N)c1cccc(NC(=O)NCCCCC(N)=O)c1. The lowest BCUT2D eigenvalue weighted by Crippen LogP contribution is -2.29. The molecule has 0 spiro atoms. The largest absolute Gasteiger partial charge is 0.370 e. The van der Waals surface area contributed by atoms with Gasteiger partial charge in [0.2, 0.25) is 5.91 Å². The van der Waals surface area contributed by atoms with E-state index in [1.807, 2.05) is 25.1 Å². The summed E-state index contributed by atoms with van der Waals surface area (Å²) in [6.07, 6.45) is 1.74. The van der Waals surface area contributed by atoms with Gasteiger partial charge in [-0.25, -0.2) is 4.79 Å². The average Bonchev–Trinajstić information content (AvgIpc) is 2.38. The number of nitrogens with one attached hydrogen (secondary N) is 2. The van der Waals surface area contributed by atoms with E-state index >= 15 is 0 Å². The third-order valence-corrected chi connectivity index (χ3v) is 2.81. The first-order valence-corrected chi connectivity index (χ1v) is 6.67. The van der Waals surface area contributed by atoms with Crippen molar-refractivity contribution in [2.75, 3.05) is 11.9 Å². The minimum atomic E-state index is -0.317. The highest BCUT2D eigenvalue weighted by atomic mass is 16.2. The van der Waals surface area contributed by atoms with Gasteiger partial charge in [0.05, 0.1) is 0 Å². The molecule has 1 aromatic carbocycles. The summed E-state index contributed by atoms with van der Waals surface area (Å²) in [5, 5.41) is 5.46. The molecule has 0 radical (unpaired) electrons. The van der Waals surface area contributed by atoms with Gasteiger partial charge in [-0.15, -0.1) is 0 Å². The van der Waals surface area contributed by atoms with Crippen molar-refractivity contribution in [3.8, 4) is 0 Å². The fourth-order valence-corrected chi connectivity index (χ4v) is 1.70. The second kappa shape index (κ2) is 8.16. The highest BCUT2D eigenvalue weighted by molar-refractivity contribution is 5.89. The van der Waals surface area contributed by atoms with E-state index in [-0.39, 0.29) is 18.0 Å². The van der Waals surface area contributed by atoms with Gasteiger partial charge in [0.15, 0.2) is 0 Å². The quantitative estimate of drug-likeness (QED) is 0.567. The minimum absolute atomic E-state index is 0.0754. The highest BCUT2D eigenvalue weighted by Gasteiger charge is 2.04. The molecule has 1 unspecified atom stereocenters. The van der Waals surface area contributed by atoms with E-state index in [1.54, 1.807) is 6.07 Å². The number of carbonyl (C=O) groups is 2. The van der Waals surface area contributed by atoms with Crippen LogP contribution in [0.15, 0.2) is 24.3 Å². The summed E-state index contributed by atoms with van der Waals surface area (Å²) >= 11 is 0. The summed E-state index contributed by atoms with van der Waals surface area (Å²) in [4.78, 5) is 22.2. The van der Waals surface area contributed by atoms with Crippen molar-refractivity contribution in [1.82, 2.24) is 5.32 Å². The molecule has 0 aliphatic carbocycles. The highest BCUT2D eigenvalue weighted by Crippen LogP contribution is 2.15. The molecule has 1 atom stereocenters. The number of nitrogens with two attached hydrogens (primary N) is 2. The molecule has 1 rings (SSSR count). The molecule has 0 aliphatic rings. The third-order valence-electron chi connectivity index (χ3n) is 2.81. The molecule has 6 nitrogen and oxygen atoms in total. The number of benzene rings is 1. The van der Waals surface area contributed by atoms with Gasteiger partial charge in [0, 0.05) is 24.7 Å². The molecule has 3 amide bonds. The number of carbonyl (C=O) groups excluding carboxylic acids is 2. The molecule has 0 saturated heterocycles. The molecule has 110 valence electrons. The standard InChI is InChI=1S/C14H22N4O2/c1-10(15)11-5-4-6-12(9-11)18-14(20)17-8-3-2-7-13(16)19/h4-6,9-10H,2-3,7-8,15H2,1H3,(H2,16,19)(H2,17,18,20). The topological polar surface area (TPSA) is 110 Å². The molecule has 0 heterocycles. The molecule has 0 saturated carbocycles. The first-order valence-electron chi connectivity index (χ1n) is 6.67. The molecular formula is C14H22N4O2. The average molecular weight is 278 g/mol. The summed E-state index contributed by atoms with van der Waals surface area (Å²) in [5.41, 5.74) is 12.5. The van der Waals surface area contributed by atoms with Crippen molar-refractivity contribution in [3.63, 3.8) is 0 Å². The lowest BCUT2D eigenvalue weighted by Gasteiger charge is -2.10. The molecule has 20 heavy (non-hydrogen) atoms. The van der Waals surface area contributed by atoms with Crippen LogP contribution in [-0.2, 0) is 4.79 Å². The van der Waals surface area contributed by atoms with Crippen LogP contribution in [0.1, 0.15) is 37.8 Å². The van der Waals surface area contributed by atoms with Crippen molar-refractivity contribution in [1.29, 1.82) is 0 Å². The van der Waals surface area contributed by atoms with E-state index in [2.05, 4.69) is 10.6 Å². The van der Waals surface area contributed by atoms with Gasteiger partial charge in [-0.2, -0.15) is 0 Å². The van der Waals surface area contributed by atoms with Gasteiger partial charge in [-0.3, -0.25) is 4.79 Å². The van der Waals surface area contributed by atoms with Crippen molar-refractivity contribution in [2.45, 2.75) is 32.2 Å². The second-order valence-electron chi connectivity index (χ2n) is 4.72. The number of primary amides is 1. The smallest absolute Gasteiger partial charge is 0.319 e. The van der Waals surface area contributed by atoms with Crippen LogP contribution in [0.5, 0.6) is 0 Å². The maximum atomic E-state index is 11.6. The van der Waals surface area contributed by atoms with E-state index < -0.39 is 0 Å². The second-order valence-corrected chi connectivity index (χ2v) is 4.72. The maximum absolute atomic E-state index is 11.6. The lowest BCUT2D eigenvalue weighted by molar-refractivity contribution is -0.118. The van der Waals surface area contributed by atoms with Gasteiger partial charge in [-0.05, 0) is 37.5 Å². The fraction of sp³-hybridized carbons (Fsp3) is 0.429. The number of anilines is 1. The van der Waals surface area contributed by atoms with Crippen LogP contribution in [0.2, 0.25) is 0 Å². The molecule has 0 fully saturated rings. The summed E-state index contributed by atoms with van der Waals surface area (Å²) < 4.78 is 0. The molecule has 0 aliphatic heterocycles. The van der Waals surface area contributed by atoms with Crippen molar-refractivity contribution < 1.29 is 9.59 Å². The predicted molar refractivity (Wildman–Crippen MR) is 79.1 cm³/mol. The van der Waals surface area contributed by atoms with Gasteiger partial charge >= 0.3 is 6.03 Å². The third kappa shape index (κ3) is 6.19. The Hall–Kier alpha value is -2.08. The monoisotopic (exact) mass is 278 g/mol. The Balaban J connectivity index is 2.31. The van der Waals surface area contributed by atoms with E-state index in [0.717, 1.165) is 12.0 Å². The van der Waals surface area contributed by atoms with E-state index in [0.29, 0.717) is 25.1 Å². The van der Waals surface area contributed by atoms with E-state index in [4.69, 9.17) is 11.5 Å². The Labute approximate surface area is 118 Å². The number of urea groups is 1. The van der Waals surface area contributed by atoms with Crippen LogP contribution in [0.3, 0.4) is 0 Å². The van der Waals surface area contributed by atoms with Gasteiger partial charge in [-0.1, -0.05) is 12.1 Å². The summed E-state index contributed by atoms with van der Waals surface area (Å²) in [6, 6.07) is 7.06. The molecule has 0 bridgehead atoms. The molecule has 6 heteroatoms. The predicted octanol–water partition coefficient (Wildman–Crippen LogP) is 1.48. The maximum Gasteiger partial charge on any atom is 0.319 e. The van der Waals surface area contributed by atoms with Crippen molar-refractivity contribution in [2.24, 2.45) is 11.5 Å². The molecule has 0 aromatic heterocycles. The van der Waals surface area contributed by atoms with Crippen LogP contribution >= 0.6 is 0 Å². The Kier molecular flexibility index (Phi) is 6.52. The Bertz CT molecular complexity index is 460. The molecular weight excluding hydrogens is 256 g/mol. The lowest BCUT2D eigenvalue weighted by atomic mass is 10.1. The Morgan fingerprint density at radius 1 is 1.30 bits per heavy atom. The molecule has 1 aromatic rings. The van der Waals surface area contributed by atoms with Gasteiger partial charge < -0.3 is 22.1 Å². The van der Waals surface area contributed by atoms with Crippen LogP contribution in [-0.4, -0.2) is 18.5 Å². The van der Waals surface area contributed by atoms with Crippen LogP contribution in [0.25, 0.3) is 0 Å². The fourth-order valence-electron chi connectivity index (χ4n) is 1.70. The normalized spacial score (nSPS) is 11.7.